The van der Waals surface area contributed by atoms with Crippen molar-refractivity contribution in [1.29, 1.82) is 0 Å². The van der Waals surface area contributed by atoms with E-state index in [0.717, 1.165) is 0 Å². The number of carbonyl (C=O) groups excluding carboxylic acids is 2. The van der Waals surface area contributed by atoms with Gasteiger partial charge in [-0.15, -0.1) is 0 Å². The topological polar surface area (TPSA) is 129 Å². The lowest BCUT2D eigenvalue weighted by Gasteiger charge is -2.35. The van der Waals surface area contributed by atoms with E-state index < -0.39 is 43.1 Å². The smallest absolute Gasteiger partial charge is 0.371 e. The van der Waals surface area contributed by atoms with Gasteiger partial charge < -0.3 is 30.8 Å². The van der Waals surface area contributed by atoms with Gasteiger partial charge in [-0.05, 0) is 42.7 Å². The van der Waals surface area contributed by atoms with Crippen LogP contribution in [-0.4, -0.2) is 53.4 Å². The Hall–Kier alpha value is -4.15. The number of alkyl halides is 6. The number of aromatic nitrogens is 2. The average molecular weight is 722 g/mol. The van der Waals surface area contributed by atoms with E-state index in [0.29, 0.717) is 11.1 Å². The molecule has 1 aliphatic rings. The number of hydrazine groups is 1. The summed E-state index contributed by atoms with van der Waals surface area (Å²) in [6, 6.07) is 6.12. The number of fused-ring (bicyclic) bond motifs is 1. The summed E-state index contributed by atoms with van der Waals surface area (Å²) in [7, 11) is 1.64. The van der Waals surface area contributed by atoms with E-state index in [-0.39, 0.29) is 76.5 Å². The van der Waals surface area contributed by atoms with Gasteiger partial charge in [-0.1, -0.05) is 35.8 Å². The van der Waals surface area contributed by atoms with E-state index in [1.807, 2.05) is 0 Å². The number of aryl methyl sites for hydroxylation is 1. The third kappa shape index (κ3) is 8.85. The van der Waals surface area contributed by atoms with Crippen LogP contribution in [0.1, 0.15) is 35.2 Å². The molecule has 0 unspecified atom stereocenters. The van der Waals surface area contributed by atoms with Crippen LogP contribution >= 0.6 is 23.2 Å². The first kappa shape index (κ1) is 36.7. The molecule has 6 N–H and O–H groups in total. The molecule has 0 atom stereocenters. The van der Waals surface area contributed by atoms with Crippen molar-refractivity contribution in [2.24, 2.45) is 18.8 Å². The number of piperidine rings is 1. The van der Waals surface area contributed by atoms with E-state index in [1.165, 1.54) is 18.3 Å². The molecule has 4 rings (SSSR count). The summed E-state index contributed by atoms with van der Waals surface area (Å²) in [5.41, 5.74) is 4.09. The molecule has 2 heterocycles. The first-order valence-electron chi connectivity index (χ1n) is 14.5. The predicted molar refractivity (Wildman–Crippen MR) is 172 cm³/mol. The zero-order chi connectivity index (χ0) is 35.4. The van der Waals surface area contributed by atoms with Crippen molar-refractivity contribution in [1.82, 2.24) is 25.6 Å². The largest absolute Gasteiger partial charge is 0.391 e. The fourth-order valence-electron chi connectivity index (χ4n) is 5.12. The van der Waals surface area contributed by atoms with Crippen LogP contribution in [0.15, 0.2) is 48.7 Å². The molecule has 260 valence electrons. The number of benzene rings is 2. The number of rotatable bonds is 11. The van der Waals surface area contributed by atoms with Gasteiger partial charge in [0, 0.05) is 45.0 Å². The molecule has 48 heavy (non-hydrogen) atoms. The van der Waals surface area contributed by atoms with Crippen molar-refractivity contribution in [2.75, 3.05) is 29.9 Å². The maximum absolute atomic E-state index is 13.3. The third-order valence-corrected chi connectivity index (χ3v) is 8.50. The Bertz CT molecular complexity index is 1720. The lowest BCUT2D eigenvalue weighted by molar-refractivity contribution is -0.179. The molecule has 0 saturated carbocycles. The van der Waals surface area contributed by atoms with Gasteiger partial charge in [0.15, 0.2) is 0 Å². The Kier molecular flexibility index (Phi) is 11.4. The van der Waals surface area contributed by atoms with Gasteiger partial charge in [-0.25, -0.2) is 4.98 Å². The lowest BCUT2D eigenvalue weighted by Crippen LogP contribution is -2.40. The fraction of sp³-hybridized carbons (Fsp3) is 0.367. The highest BCUT2D eigenvalue weighted by Gasteiger charge is 2.41. The highest BCUT2D eigenvalue weighted by Crippen LogP contribution is 2.39. The molecule has 3 aromatic rings. The van der Waals surface area contributed by atoms with Crippen LogP contribution in [0.5, 0.6) is 0 Å². The van der Waals surface area contributed by atoms with E-state index in [9.17, 15) is 35.9 Å². The molecule has 1 saturated heterocycles. The number of halogens is 8. The van der Waals surface area contributed by atoms with E-state index in [2.05, 4.69) is 32.9 Å². The Morgan fingerprint density at radius 3 is 2.42 bits per heavy atom. The van der Waals surface area contributed by atoms with Crippen LogP contribution in [0.2, 0.25) is 10.0 Å². The van der Waals surface area contributed by atoms with Crippen molar-refractivity contribution < 1.29 is 35.9 Å². The number of nitrogens with zero attached hydrogens (tertiary/aromatic N) is 3. The van der Waals surface area contributed by atoms with Crippen LogP contribution < -0.4 is 32.1 Å². The molecule has 0 radical (unpaired) electrons. The van der Waals surface area contributed by atoms with Crippen molar-refractivity contribution in [3.63, 3.8) is 0 Å². The molecule has 18 heteroatoms. The Labute approximate surface area is 281 Å². The zero-order valence-electron chi connectivity index (χ0n) is 25.5. The highest BCUT2D eigenvalue weighted by atomic mass is 35.5. The van der Waals surface area contributed by atoms with Gasteiger partial charge in [-0.2, -0.15) is 26.3 Å². The Balaban J connectivity index is 1.65. The standard InChI is InChI=1S/C30H32Cl2F6N8O2/c1-16(5-9-42-39)26(47)41-15-17-3-4-20(31)25(24(17)32)44-28-43-21-13-19(27(48)40-10-8-29(33,34)35)22(14-23(21)45(28)2)46-11-6-18(7-12-46)30(36,37)38/h3-5,9,13-14,18,42H,1,6-8,10-12,15,39H2,2H3,(H,40,48)(H,41,47)(H,43,44)/b9-5-. The van der Waals surface area contributed by atoms with Crippen molar-refractivity contribution in [3.05, 3.63) is 69.9 Å². The van der Waals surface area contributed by atoms with Crippen molar-refractivity contribution >= 4 is 63.4 Å². The van der Waals surface area contributed by atoms with E-state index in [4.69, 9.17) is 29.0 Å². The van der Waals surface area contributed by atoms with Gasteiger partial charge in [0.25, 0.3) is 11.8 Å². The molecule has 0 aliphatic carbocycles. The van der Waals surface area contributed by atoms with Crippen LogP contribution in [0.3, 0.4) is 0 Å². The second-order valence-corrected chi connectivity index (χ2v) is 11.8. The quantitative estimate of drug-likeness (QED) is 0.0522. The predicted octanol–water partition coefficient (Wildman–Crippen LogP) is 6.23. The summed E-state index contributed by atoms with van der Waals surface area (Å²) in [4.78, 5) is 31.7. The van der Waals surface area contributed by atoms with E-state index >= 15 is 0 Å². The number of nitrogens with two attached hydrogens (primary N) is 1. The molecule has 1 aliphatic heterocycles. The first-order valence-corrected chi connectivity index (χ1v) is 15.3. The molecule has 10 nitrogen and oxygen atoms in total. The Morgan fingerprint density at radius 2 is 1.79 bits per heavy atom. The summed E-state index contributed by atoms with van der Waals surface area (Å²) in [6.07, 6.45) is -7.83. The van der Waals surface area contributed by atoms with Crippen molar-refractivity contribution in [3.8, 4) is 0 Å². The number of hydrogen-bond acceptors (Lipinski definition) is 7. The van der Waals surface area contributed by atoms with Gasteiger partial charge in [0.1, 0.15) is 0 Å². The van der Waals surface area contributed by atoms with Crippen molar-refractivity contribution in [2.45, 2.75) is 38.2 Å². The normalized spacial score (nSPS) is 14.4. The number of amides is 2. The van der Waals surface area contributed by atoms with E-state index in [1.54, 1.807) is 34.7 Å². The van der Waals surface area contributed by atoms with Gasteiger partial charge in [0.05, 0.1) is 50.4 Å². The van der Waals surface area contributed by atoms with Crippen LogP contribution in [0.4, 0.5) is 43.7 Å². The van der Waals surface area contributed by atoms with Crippen LogP contribution in [0, 0.1) is 5.92 Å². The summed E-state index contributed by atoms with van der Waals surface area (Å²) < 4.78 is 79.9. The second-order valence-electron chi connectivity index (χ2n) is 11.0. The second kappa shape index (κ2) is 15.0. The molecule has 2 aromatic carbocycles. The molecule has 2 amide bonds. The summed E-state index contributed by atoms with van der Waals surface area (Å²) in [6.45, 7) is 2.92. The van der Waals surface area contributed by atoms with Gasteiger partial charge in [-0.3, -0.25) is 15.4 Å². The number of nitrogens with one attached hydrogen (secondary N) is 4. The number of hydrogen-bond donors (Lipinski definition) is 5. The highest BCUT2D eigenvalue weighted by molar-refractivity contribution is 6.39. The monoisotopic (exact) mass is 720 g/mol. The maximum Gasteiger partial charge on any atom is 0.391 e. The summed E-state index contributed by atoms with van der Waals surface area (Å²) in [5.74, 6) is 2.56. The average Bonchev–Trinajstić information content (AvgIpc) is 3.33. The molecule has 0 spiro atoms. The van der Waals surface area contributed by atoms with Crippen LogP contribution in [0.25, 0.3) is 11.0 Å². The number of imidazole rings is 1. The molecule has 1 aromatic heterocycles. The minimum atomic E-state index is -4.50. The summed E-state index contributed by atoms with van der Waals surface area (Å²) in [5, 5.41) is 8.36. The number of anilines is 3. The molecular weight excluding hydrogens is 689 g/mol. The van der Waals surface area contributed by atoms with Gasteiger partial charge in [0.2, 0.25) is 5.95 Å². The third-order valence-electron chi connectivity index (χ3n) is 7.76. The van der Waals surface area contributed by atoms with Gasteiger partial charge >= 0.3 is 12.4 Å². The Morgan fingerprint density at radius 1 is 1.10 bits per heavy atom. The molecule has 0 bridgehead atoms. The van der Waals surface area contributed by atoms with Crippen LogP contribution in [-0.2, 0) is 18.4 Å². The fourth-order valence-corrected chi connectivity index (χ4v) is 5.65. The first-order chi connectivity index (χ1) is 22.5. The summed E-state index contributed by atoms with van der Waals surface area (Å²) >= 11 is 13.1. The minimum absolute atomic E-state index is 0.0101. The molecular formula is C30H32Cl2F6N8O2. The minimum Gasteiger partial charge on any atom is -0.371 e. The number of carbonyl (C=O) groups is 2. The zero-order valence-corrected chi connectivity index (χ0v) is 27.0. The SMILES string of the molecule is C=C(/C=C\NN)C(=O)NCc1ccc(Cl)c(Nc2nc3cc(C(=O)NCCC(F)(F)F)c(N4CCC(C(F)(F)F)CC4)cc3n2C)c1Cl. The molecule has 1 fully saturated rings. The lowest BCUT2D eigenvalue weighted by atomic mass is 9.95. The maximum atomic E-state index is 13.3.